The molecule has 33 heavy (non-hydrogen) atoms. The number of hydrogen-bond donors (Lipinski definition) is 1. The lowest BCUT2D eigenvalue weighted by molar-refractivity contribution is 0.0913. The van der Waals surface area contributed by atoms with E-state index in [1.54, 1.807) is 6.26 Å². The Morgan fingerprint density at radius 2 is 2.06 bits per heavy atom. The maximum Gasteiger partial charge on any atom is 0.252 e. The molecule has 1 fully saturated rings. The fourth-order valence-electron chi connectivity index (χ4n) is 4.43. The van der Waals surface area contributed by atoms with Crippen molar-refractivity contribution in [3.05, 3.63) is 75.2 Å². The van der Waals surface area contributed by atoms with Gasteiger partial charge < -0.3 is 14.1 Å². The van der Waals surface area contributed by atoms with E-state index in [1.165, 1.54) is 0 Å². The van der Waals surface area contributed by atoms with Crippen molar-refractivity contribution >= 4 is 10.9 Å². The molecule has 4 aromatic rings. The molecule has 0 amide bonds. The average Bonchev–Trinajstić information content (AvgIpc) is 3.57. The Balaban J connectivity index is 1.43. The third-order valence-electron chi connectivity index (χ3n) is 6.25. The fraction of sp³-hybridized carbons (Fsp3) is 0.417. The van der Waals surface area contributed by atoms with Crippen LogP contribution in [0.5, 0.6) is 0 Å². The van der Waals surface area contributed by atoms with E-state index >= 15 is 0 Å². The molecule has 0 spiro atoms. The smallest absolute Gasteiger partial charge is 0.252 e. The normalized spacial score (nSPS) is 16.3. The van der Waals surface area contributed by atoms with Gasteiger partial charge in [0.05, 0.1) is 37.5 Å². The van der Waals surface area contributed by atoms with E-state index in [-0.39, 0.29) is 11.7 Å². The number of fused-ring (bicyclic) bond motifs is 1. The van der Waals surface area contributed by atoms with E-state index in [2.05, 4.69) is 38.4 Å². The maximum atomic E-state index is 13.0. The third-order valence-corrected chi connectivity index (χ3v) is 6.25. The van der Waals surface area contributed by atoms with Crippen molar-refractivity contribution in [1.29, 1.82) is 0 Å². The van der Waals surface area contributed by atoms with Crippen molar-refractivity contribution in [1.82, 2.24) is 30.1 Å². The first kappa shape index (κ1) is 21.5. The Morgan fingerprint density at radius 3 is 2.85 bits per heavy atom. The number of benzene rings is 1. The molecule has 9 heteroatoms. The van der Waals surface area contributed by atoms with Gasteiger partial charge in [-0.05, 0) is 66.4 Å². The number of H-pyrrole nitrogens is 1. The molecule has 5 rings (SSSR count). The molecule has 9 nitrogen and oxygen atoms in total. The van der Waals surface area contributed by atoms with Crippen LogP contribution < -0.4 is 5.56 Å². The van der Waals surface area contributed by atoms with E-state index in [4.69, 9.17) is 9.15 Å². The lowest BCUT2D eigenvalue weighted by Crippen LogP contribution is -2.28. The highest BCUT2D eigenvalue weighted by atomic mass is 16.5. The molecular weight excluding hydrogens is 420 g/mol. The molecule has 1 aliphatic heterocycles. The molecule has 1 aliphatic rings. The summed E-state index contributed by atoms with van der Waals surface area (Å²) in [6.45, 7) is 6.93. The van der Waals surface area contributed by atoms with Crippen LogP contribution in [0.25, 0.3) is 10.9 Å². The maximum absolute atomic E-state index is 13.0. The van der Waals surface area contributed by atoms with Crippen molar-refractivity contribution in [3.8, 4) is 0 Å². The number of hydrogen-bond acceptors (Lipinski definition) is 7. The van der Waals surface area contributed by atoms with Crippen molar-refractivity contribution in [2.24, 2.45) is 0 Å². The van der Waals surface area contributed by atoms with Gasteiger partial charge in [-0.3, -0.25) is 9.69 Å². The largest absolute Gasteiger partial charge is 0.468 e. The number of ether oxygens (including phenoxy) is 1. The minimum atomic E-state index is -0.0837. The van der Waals surface area contributed by atoms with Gasteiger partial charge in [-0.2, -0.15) is 0 Å². The lowest BCUT2D eigenvalue weighted by Gasteiger charge is -2.21. The summed E-state index contributed by atoms with van der Waals surface area (Å²) in [5.41, 5.74) is 3.69. The summed E-state index contributed by atoms with van der Waals surface area (Å²) in [7, 11) is 0. The van der Waals surface area contributed by atoms with E-state index in [1.807, 2.05) is 35.9 Å². The zero-order chi connectivity index (χ0) is 22.8. The Hall–Kier alpha value is -3.30. The van der Waals surface area contributed by atoms with Gasteiger partial charge in [0, 0.05) is 24.1 Å². The second kappa shape index (κ2) is 9.29. The van der Waals surface area contributed by atoms with Gasteiger partial charge in [0.15, 0.2) is 5.82 Å². The number of aromatic nitrogens is 5. The second-order valence-corrected chi connectivity index (χ2v) is 8.75. The van der Waals surface area contributed by atoms with Crippen LogP contribution in [0.15, 0.2) is 45.8 Å². The van der Waals surface area contributed by atoms with Gasteiger partial charge >= 0.3 is 0 Å². The van der Waals surface area contributed by atoms with Crippen molar-refractivity contribution < 1.29 is 9.15 Å². The topological polar surface area (TPSA) is 102 Å². The molecule has 1 aromatic carbocycles. The summed E-state index contributed by atoms with van der Waals surface area (Å²) < 4.78 is 13.2. The molecule has 1 saturated heterocycles. The SMILES string of the molecule is Cc1ccc(C)c2[nH]c(=O)c(CN(Cc3ccco3)Cc3nnnn3C[C@@H]3CCCO3)cc12. The number of nitrogens with one attached hydrogen (secondary N) is 1. The number of rotatable bonds is 8. The third kappa shape index (κ3) is 4.74. The summed E-state index contributed by atoms with van der Waals surface area (Å²) in [5, 5.41) is 13.4. The zero-order valence-corrected chi connectivity index (χ0v) is 19.0. The molecule has 0 radical (unpaired) electrons. The second-order valence-electron chi connectivity index (χ2n) is 8.75. The standard InChI is InChI=1S/C24H28N6O3/c1-16-7-8-17(2)23-21(16)11-18(24(31)25-23)12-29(13-19-5-3-9-32-19)15-22-26-27-28-30(22)14-20-6-4-10-33-20/h3,5,7-9,11,20H,4,6,10,12-15H2,1-2H3,(H,25,31)/t20-/m0/s1. The molecule has 0 saturated carbocycles. The zero-order valence-electron chi connectivity index (χ0n) is 19.0. The molecule has 0 bridgehead atoms. The van der Waals surface area contributed by atoms with E-state index in [0.29, 0.717) is 31.7 Å². The van der Waals surface area contributed by atoms with Gasteiger partial charge in [-0.1, -0.05) is 12.1 Å². The van der Waals surface area contributed by atoms with Crippen LogP contribution in [0.1, 0.15) is 41.1 Å². The Bertz CT molecular complexity index is 1290. The first-order valence-corrected chi connectivity index (χ1v) is 11.3. The summed E-state index contributed by atoms with van der Waals surface area (Å²) in [4.78, 5) is 18.2. The molecule has 172 valence electrons. The number of aryl methyl sites for hydroxylation is 2. The molecular formula is C24H28N6O3. The van der Waals surface area contributed by atoms with Crippen molar-refractivity contribution in [3.63, 3.8) is 0 Å². The highest BCUT2D eigenvalue weighted by Crippen LogP contribution is 2.21. The Morgan fingerprint density at radius 1 is 1.18 bits per heavy atom. The summed E-state index contributed by atoms with van der Waals surface area (Å²) >= 11 is 0. The molecule has 0 unspecified atom stereocenters. The number of aromatic amines is 1. The monoisotopic (exact) mass is 448 g/mol. The van der Waals surface area contributed by atoms with Gasteiger partial charge in [0.2, 0.25) is 0 Å². The van der Waals surface area contributed by atoms with Crippen molar-refractivity contribution in [2.75, 3.05) is 6.61 Å². The Labute approximate surface area is 191 Å². The van der Waals surface area contributed by atoms with Crippen molar-refractivity contribution in [2.45, 2.75) is 59.0 Å². The van der Waals surface area contributed by atoms with Crippen LogP contribution in [-0.4, -0.2) is 42.8 Å². The first-order chi connectivity index (χ1) is 16.1. The predicted molar refractivity (Wildman–Crippen MR) is 122 cm³/mol. The van der Waals surface area contributed by atoms with E-state index in [9.17, 15) is 4.79 Å². The Kier molecular flexibility index (Phi) is 6.06. The number of nitrogens with zero attached hydrogens (tertiary/aromatic N) is 5. The number of tetrazole rings is 1. The number of furan rings is 1. The lowest BCUT2D eigenvalue weighted by atomic mass is 10.0. The van der Waals surface area contributed by atoms with Gasteiger partial charge in [0.1, 0.15) is 5.76 Å². The van der Waals surface area contributed by atoms with Gasteiger partial charge in [-0.15, -0.1) is 5.10 Å². The molecule has 1 atom stereocenters. The average molecular weight is 449 g/mol. The van der Waals surface area contributed by atoms with Crippen LogP contribution in [0, 0.1) is 13.8 Å². The van der Waals surface area contributed by atoms with Crippen LogP contribution in [0.3, 0.4) is 0 Å². The number of pyridine rings is 1. The van der Waals surface area contributed by atoms with Crippen LogP contribution in [0.4, 0.5) is 0 Å². The minimum Gasteiger partial charge on any atom is -0.468 e. The summed E-state index contributed by atoms with van der Waals surface area (Å²) in [6, 6.07) is 9.91. The van der Waals surface area contributed by atoms with Gasteiger partial charge in [-0.25, -0.2) is 4.68 Å². The predicted octanol–water partition coefficient (Wildman–Crippen LogP) is 3.11. The highest BCUT2D eigenvalue weighted by molar-refractivity contribution is 5.85. The molecule has 0 aliphatic carbocycles. The van der Waals surface area contributed by atoms with Crippen LogP contribution in [-0.2, 0) is 30.9 Å². The van der Waals surface area contributed by atoms with E-state index in [0.717, 1.165) is 53.1 Å². The molecule has 4 heterocycles. The van der Waals surface area contributed by atoms with Crippen LogP contribution in [0.2, 0.25) is 0 Å². The minimum absolute atomic E-state index is 0.0837. The first-order valence-electron chi connectivity index (χ1n) is 11.3. The summed E-state index contributed by atoms with van der Waals surface area (Å²) in [6.07, 6.45) is 3.88. The quantitative estimate of drug-likeness (QED) is 0.442. The molecule has 1 N–H and O–H groups in total. The summed E-state index contributed by atoms with van der Waals surface area (Å²) in [5.74, 6) is 1.55. The molecule has 3 aromatic heterocycles. The van der Waals surface area contributed by atoms with Gasteiger partial charge in [0.25, 0.3) is 5.56 Å². The highest BCUT2D eigenvalue weighted by Gasteiger charge is 2.21. The fourth-order valence-corrected chi connectivity index (χ4v) is 4.43. The van der Waals surface area contributed by atoms with Crippen LogP contribution >= 0.6 is 0 Å². The van der Waals surface area contributed by atoms with E-state index < -0.39 is 0 Å².